The third-order valence-electron chi connectivity index (χ3n) is 4.11. The number of hydrogen-bond acceptors (Lipinski definition) is 4. The number of ether oxygens (including phenoxy) is 2. The highest BCUT2D eigenvalue weighted by Crippen LogP contribution is 2.32. The van der Waals surface area contributed by atoms with E-state index in [1.165, 1.54) is 12.1 Å². The lowest BCUT2D eigenvalue weighted by Crippen LogP contribution is -2.37. The Hall–Kier alpha value is -3.01. The molecule has 1 heterocycles. The Morgan fingerprint density at radius 1 is 1.27 bits per heavy atom. The van der Waals surface area contributed by atoms with Gasteiger partial charge < -0.3 is 20.1 Å². The molecule has 30 heavy (non-hydrogen) atoms. The second-order valence-corrected chi connectivity index (χ2v) is 6.74. The normalized spacial score (nSPS) is 19.2. The van der Waals surface area contributed by atoms with E-state index < -0.39 is 35.9 Å². The Morgan fingerprint density at radius 2 is 2.03 bits per heavy atom. The molecule has 6 nitrogen and oxygen atoms in total. The average molecular weight is 447 g/mol. The summed E-state index contributed by atoms with van der Waals surface area (Å²) in [6.07, 6.45) is -2.58. The van der Waals surface area contributed by atoms with Crippen LogP contribution in [-0.2, 0) is 14.3 Å². The molecule has 1 atom stereocenters. The second-order valence-electron chi connectivity index (χ2n) is 6.34. The molecule has 160 valence electrons. The molecule has 0 saturated heterocycles. The maximum atomic E-state index is 13.2. The zero-order valence-electron chi connectivity index (χ0n) is 15.2. The van der Waals surface area contributed by atoms with E-state index in [-0.39, 0.29) is 22.8 Å². The smallest absolute Gasteiger partial charge is 0.484 e. The highest BCUT2D eigenvalue weighted by Gasteiger charge is 2.35. The molecular weight excluding hydrogens is 432 g/mol. The predicted molar refractivity (Wildman–Crippen MR) is 97.6 cm³/mol. The van der Waals surface area contributed by atoms with Crippen LogP contribution in [0.5, 0.6) is 5.75 Å². The van der Waals surface area contributed by atoms with Gasteiger partial charge in [0.05, 0.1) is 10.6 Å². The van der Waals surface area contributed by atoms with E-state index in [4.69, 9.17) is 16.3 Å². The van der Waals surface area contributed by atoms with Gasteiger partial charge >= 0.3 is 6.36 Å². The topological polar surface area (TPSA) is 76.7 Å². The molecule has 2 aliphatic rings. The maximum absolute atomic E-state index is 13.2. The number of allylic oxidation sites excluding steroid dienone is 1. The first-order valence-corrected chi connectivity index (χ1v) is 9.07. The first-order chi connectivity index (χ1) is 14.1. The van der Waals surface area contributed by atoms with Crippen LogP contribution >= 0.6 is 11.6 Å². The summed E-state index contributed by atoms with van der Waals surface area (Å²) in [6.45, 7) is 0.303. The van der Waals surface area contributed by atoms with Crippen LogP contribution in [-0.4, -0.2) is 30.8 Å². The summed E-state index contributed by atoms with van der Waals surface area (Å²) in [4.78, 5) is 24.2. The molecule has 0 aromatic heterocycles. The van der Waals surface area contributed by atoms with Crippen molar-refractivity contribution in [1.29, 1.82) is 0 Å². The summed E-state index contributed by atoms with van der Waals surface area (Å²) in [6, 6.07) is 3.34. The zero-order valence-corrected chi connectivity index (χ0v) is 15.9. The highest BCUT2D eigenvalue weighted by atomic mass is 35.5. The molecule has 0 radical (unpaired) electrons. The van der Waals surface area contributed by atoms with Crippen LogP contribution in [0, 0.1) is 5.82 Å². The molecule has 0 spiro atoms. The van der Waals surface area contributed by atoms with Crippen molar-refractivity contribution in [2.75, 3.05) is 6.54 Å². The highest BCUT2D eigenvalue weighted by molar-refractivity contribution is 6.32. The van der Waals surface area contributed by atoms with Crippen LogP contribution in [0.1, 0.15) is 12.8 Å². The van der Waals surface area contributed by atoms with Gasteiger partial charge in [-0.05, 0) is 30.4 Å². The van der Waals surface area contributed by atoms with Crippen LogP contribution in [0.25, 0.3) is 0 Å². The molecule has 1 aromatic rings. The molecule has 0 saturated carbocycles. The fraction of sp³-hybridized carbons (Fsp3) is 0.263. The van der Waals surface area contributed by atoms with Crippen molar-refractivity contribution >= 4 is 23.4 Å². The van der Waals surface area contributed by atoms with Gasteiger partial charge in [0.2, 0.25) is 5.91 Å². The van der Waals surface area contributed by atoms with Crippen molar-refractivity contribution in [2.24, 2.45) is 0 Å². The van der Waals surface area contributed by atoms with Gasteiger partial charge in [0, 0.05) is 31.2 Å². The van der Waals surface area contributed by atoms with Crippen molar-refractivity contribution in [3.8, 4) is 5.75 Å². The molecule has 1 unspecified atom stereocenters. The number of hydrogen-bond donors (Lipinski definition) is 2. The summed E-state index contributed by atoms with van der Waals surface area (Å²) < 4.78 is 60.6. The summed E-state index contributed by atoms with van der Waals surface area (Å²) in [5, 5.41) is 4.98. The van der Waals surface area contributed by atoms with E-state index in [2.05, 4.69) is 15.4 Å². The molecule has 2 N–H and O–H groups in total. The number of amides is 2. The predicted octanol–water partition coefficient (Wildman–Crippen LogP) is 3.50. The molecular formula is C19H15ClF4N2O4. The lowest BCUT2D eigenvalue weighted by molar-refractivity contribution is -0.303. The molecule has 0 fully saturated rings. The molecule has 1 aromatic carbocycles. The van der Waals surface area contributed by atoms with Crippen molar-refractivity contribution in [3.05, 3.63) is 64.3 Å². The minimum absolute atomic E-state index is 0.0478. The van der Waals surface area contributed by atoms with Crippen LogP contribution < -0.4 is 15.4 Å². The summed E-state index contributed by atoms with van der Waals surface area (Å²) >= 11 is 5.94. The Bertz CT molecular complexity index is 956. The largest absolute Gasteiger partial charge is 0.573 e. The van der Waals surface area contributed by atoms with E-state index in [0.717, 1.165) is 24.3 Å². The van der Waals surface area contributed by atoms with Crippen molar-refractivity contribution in [3.63, 3.8) is 0 Å². The summed E-state index contributed by atoms with van der Waals surface area (Å²) in [5.74, 6) is -2.30. The Labute approximate surface area is 173 Å². The standard InChI is InChI=1S/C19H15ClF4N2O4/c20-14-7-10(21)1-3-16(14)29-15-4-2-12(30-19(22,23)24)9-13(15)18(28)26-11-5-6-25-17(27)8-11/h1-3,7-9,15H,4-6H2,(H,25,27)(H,26,28). The van der Waals surface area contributed by atoms with Gasteiger partial charge in [0.25, 0.3) is 5.91 Å². The van der Waals surface area contributed by atoms with Crippen LogP contribution in [0.3, 0.4) is 0 Å². The monoisotopic (exact) mass is 446 g/mol. The molecule has 1 aliphatic heterocycles. The Morgan fingerprint density at radius 3 is 2.70 bits per heavy atom. The van der Waals surface area contributed by atoms with Gasteiger partial charge in [-0.2, -0.15) is 0 Å². The molecule has 11 heteroatoms. The van der Waals surface area contributed by atoms with Gasteiger partial charge in [0.15, 0.2) is 0 Å². The minimum atomic E-state index is -4.94. The third-order valence-corrected chi connectivity index (χ3v) is 4.41. The average Bonchev–Trinajstić information content (AvgIpc) is 2.64. The minimum Gasteiger partial charge on any atom is -0.484 e. The molecule has 1 aliphatic carbocycles. The maximum Gasteiger partial charge on any atom is 0.573 e. The van der Waals surface area contributed by atoms with Crippen molar-refractivity contribution in [2.45, 2.75) is 25.3 Å². The number of carbonyl (C=O) groups is 2. The van der Waals surface area contributed by atoms with E-state index in [1.807, 2.05) is 0 Å². The van der Waals surface area contributed by atoms with E-state index in [0.29, 0.717) is 18.7 Å². The third kappa shape index (κ3) is 5.76. The second kappa shape index (κ2) is 8.78. The Kier molecular flexibility index (Phi) is 6.35. The molecule has 0 bridgehead atoms. The van der Waals surface area contributed by atoms with Crippen molar-refractivity contribution < 1.29 is 36.6 Å². The summed E-state index contributed by atoms with van der Waals surface area (Å²) in [7, 11) is 0. The first kappa shape index (κ1) is 21.7. The molecule has 2 amide bonds. The fourth-order valence-corrected chi connectivity index (χ4v) is 3.04. The van der Waals surface area contributed by atoms with Gasteiger partial charge in [-0.3, -0.25) is 9.59 Å². The fourth-order valence-electron chi connectivity index (χ4n) is 2.83. The number of carbonyl (C=O) groups excluding carboxylic acids is 2. The van der Waals surface area contributed by atoms with Crippen LogP contribution in [0.15, 0.2) is 53.5 Å². The zero-order chi connectivity index (χ0) is 21.9. The van der Waals surface area contributed by atoms with Crippen LogP contribution in [0.2, 0.25) is 5.02 Å². The van der Waals surface area contributed by atoms with Gasteiger partial charge in [-0.25, -0.2) is 4.39 Å². The first-order valence-electron chi connectivity index (χ1n) is 8.69. The number of nitrogens with one attached hydrogen (secondary N) is 2. The Balaban J connectivity index is 1.85. The number of benzene rings is 1. The van der Waals surface area contributed by atoms with E-state index >= 15 is 0 Å². The molecule has 3 rings (SSSR count). The lowest BCUT2D eigenvalue weighted by atomic mass is 9.99. The van der Waals surface area contributed by atoms with E-state index in [9.17, 15) is 27.2 Å². The number of rotatable bonds is 5. The van der Waals surface area contributed by atoms with Crippen LogP contribution in [0.4, 0.5) is 17.6 Å². The van der Waals surface area contributed by atoms with Gasteiger partial charge in [-0.15, -0.1) is 13.2 Å². The lowest BCUT2D eigenvalue weighted by Gasteiger charge is -2.26. The van der Waals surface area contributed by atoms with Gasteiger partial charge in [-0.1, -0.05) is 11.6 Å². The SMILES string of the molecule is O=C1C=C(NC(=O)C2=CC(OC(F)(F)F)=CCC2Oc2ccc(F)cc2Cl)CCN1. The number of alkyl halides is 3. The van der Waals surface area contributed by atoms with Crippen molar-refractivity contribution in [1.82, 2.24) is 10.6 Å². The van der Waals surface area contributed by atoms with E-state index in [1.54, 1.807) is 0 Å². The number of halogens is 5. The van der Waals surface area contributed by atoms with Gasteiger partial charge in [0.1, 0.15) is 23.4 Å². The quantitative estimate of drug-likeness (QED) is 0.679. The summed E-state index contributed by atoms with van der Waals surface area (Å²) in [5.41, 5.74) is 0.125.